The molecular formula is C17H24N2O4. The maximum atomic E-state index is 12.2. The van der Waals surface area contributed by atoms with E-state index in [1.807, 2.05) is 17.0 Å². The lowest BCUT2D eigenvalue weighted by atomic mass is 9.98. The summed E-state index contributed by atoms with van der Waals surface area (Å²) < 4.78 is 10.3. The minimum absolute atomic E-state index is 0.112. The van der Waals surface area contributed by atoms with Crippen LogP contribution in [0.25, 0.3) is 0 Å². The van der Waals surface area contributed by atoms with Gasteiger partial charge in [-0.05, 0) is 38.4 Å². The smallest absolute Gasteiger partial charge is 0.310 e. The summed E-state index contributed by atoms with van der Waals surface area (Å²) in [5.74, 6) is 0.216. The van der Waals surface area contributed by atoms with Gasteiger partial charge in [-0.3, -0.25) is 14.5 Å². The van der Waals surface area contributed by atoms with Gasteiger partial charge in [0, 0.05) is 6.54 Å². The van der Waals surface area contributed by atoms with Gasteiger partial charge in [-0.1, -0.05) is 12.1 Å². The SMILES string of the molecule is CCOC(=O)[C@H]1CCCN(CC(=O)Nc2ccccc2OC)C1. The van der Waals surface area contributed by atoms with Crippen LogP contribution in [0.15, 0.2) is 24.3 Å². The molecule has 0 saturated carbocycles. The second-order valence-electron chi connectivity index (χ2n) is 5.57. The maximum absolute atomic E-state index is 12.2. The van der Waals surface area contributed by atoms with Crippen molar-refractivity contribution in [2.45, 2.75) is 19.8 Å². The van der Waals surface area contributed by atoms with Gasteiger partial charge < -0.3 is 14.8 Å². The lowest BCUT2D eigenvalue weighted by Crippen LogP contribution is -2.43. The fourth-order valence-corrected chi connectivity index (χ4v) is 2.79. The Morgan fingerprint density at radius 3 is 2.87 bits per heavy atom. The van der Waals surface area contributed by atoms with Crippen molar-refractivity contribution in [3.05, 3.63) is 24.3 Å². The summed E-state index contributed by atoms with van der Waals surface area (Å²) in [5, 5.41) is 2.86. The molecule has 0 bridgehead atoms. The molecule has 0 unspecified atom stereocenters. The summed E-state index contributed by atoms with van der Waals surface area (Å²) >= 11 is 0. The van der Waals surface area contributed by atoms with Crippen molar-refractivity contribution in [3.8, 4) is 5.75 Å². The van der Waals surface area contributed by atoms with Gasteiger partial charge in [0.2, 0.25) is 5.91 Å². The number of benzene rings is 1. The standard InChI is InChI=1S/C17H24N2O4/c1-3-23-17(21)13-7-6-10-19(11-13)12-16(20)18-14-8-4-5-9-15(14)22-2/h4-5,8-9,13H,3,6-7,10-12H2,1-2H3,(H,18,20)/t13-/m0/s1. The van der Waals surface area contributed by atoms with Crippen molar-refractivity contribution in [1.82, 2.24) is 4.90 Å². The molecule has 1 fully saturated rings. The maximum Gasteiger partial charge on any atom is 0.310 e. The minimum atomic E-state index is -0.165. The largest absolute Gasteiger partial charge is 0.495 e. The fraction of sp³-hybridized carbons (Fsp3) is 0.529. The number of piperidine rings is 1. The van der Waals surface area contributed by atoms with Crippen LogP contribution in [0.2, 0.25) is 0 Å². The lowest BCUT2D eigenvalue weighted by molar-refractivity contribution is -0.150. The summed E-state index contributed by atoms with van der Waals surface area (Å²) in [6, 6.07) is 7.29. The number of para-hydroxylation sites is 2. The molecule has 1 N–H and O–H groups in total. The normalized spacial score (nSPS) is 18.3. The van der Waals surface area contributed by atoms with E-state index in [4.69, 9.17) is 9.47 Å². The Hall–Kier alpha value is -2.08. The second-order valence-corrected chi connectivity index (χ2v) is 5.57. The van der Waals surface area contributed by atoms with E-state index in [-0.39, 0.29) is 24.3 Å². The first-order chi connectivity index (χ1) is 11.1. The molecule has 2 rings (SSSR count). The molecular weight excluding hydrogens is 296 g/mol. The third-order valence-corrected chi connectivity index (χ3v) is 3.87. The first-order valence-electron chi connectivity index (χ1n) is 7.96. The highest BCUT2D eigenvalue weighted by Crippen LogP contribution is 2.23. The Morgan fingerprint density at radius 1 is 1.35 bits per heavy atom. The van der Waals surface area contributed by atoms with Crippen molar-refractivity contribution < 1.29 is 19.1 Å². The van der Waals surface area contributed by atoms with E-state index >= 15 is 0 Å². The van der Waals surface area contributed by atoms with Crippen LogP contribution >= 0.6 is 0 Å². The van der Waals surface area contributed by atoms with Crippen LogP contribution in [0.3, 0.4) is 0 Å². The van der Waals surface area contributed by atoms with Gasteiger partial charge in [0.25, 0.3) is 0 Å². The zero-order valence-electron chi connectivity index (χ0n) is 13.7. The van der Waals surface area contributed by atoms with E-state index in [9.17, 15) is 9.59 Å². The van der Waals surface area contributed by atoms with Crippen molar-refractivity contribution in [3.63, 3.8) is 0 Å². The molecule has 1 heterocycles. The molecule has 1 aromatic carbocycles. The molecule has 0 aromatic heterocycles. The van der Waals surface area contributed by atoms with Crippen LogP contribution in [0.4, 0.5) is 5.69 Å². The molecule has 6 heteroatoms. The highest BCUT2D eigenvalue weighted by molar-refractivity contribution is 5.93. The quantitative estimate of drug-likeness (QED) is 0.811. The van der Waals surface area contributed by atoms with Crippen molar-refractivity contribution in [2.75, 3.05) is 38.7 Å². The number of carbonyl (C=O) groups is 2. The Kier molecular flexibility index (Phi) is 6.40. The predicted molar refractivity (Wildman–Crippen MR) is 87.4 cm³/mol. The lowest BCUT2D eigenvalue weighted by Gasteiger charge is -2.30. The summed E-state index contributed by atoms with van der Waals surface area (Å²) in [7, 11) is 1.57. The number of esters is 1. The van der Waals surface area contributed by atoms with Gasteiger partial charge in [0.15, 0.2) is 0 Å². The fourth-order valence-electron chi connectivity index (χ4n) is 2.79. The summed E-state index contributed by atoms with van der Waals surface area (Å²) in [5.41, 5.74) is 0.652. The molecule has 126 valence electrons. The van der Waals surface area contributed by atoms with E-state index < -0.39 is 0 Å². The zero-order valence-corrected chi connectivity index (χ0v) is 13.7. The van der Waals surface area contributed by atoms with Gasteiger partial charge in [-0.15, -0.1) is 0 Å². The number of hydrogen-bond donors (Lipinski definition) is 1. The molecule has 0 radical (unpaired) electrons. The Balaban J connectivity index is 1.88. The average molecular weight is 320 g/mol. The third kappa shape index (κ3) is 4.96. The number of carbonyl (C=O) groups excluding carboxylic acids is 2. The number of hydrogen-bond acceptors (Lipinski definition) is 5. The molecule has 0 aliphatic carbocycles. The first-order valence-corrected chi connectivity index (χ1v) is 7.96. The molecule has 1 aliphatic rings. The van der Waals surface area contributed by atoms with Gasteiger partial charge in [-0.2, -0.15) is 0 Å². The topological polar surface area (TPSA) is 67.9 Å². The number of anilines is 1. The molecule has 1 aromatic rings. The second kappa shape index (κ2) is 8.53. The molecule has 23 heavy (non-hydrogen) atoms. The summed E-state index contributed by atoms with van der Waals surface area (Å²) in [6.07, 6.45) is 1.72. The van der Waals surface area contributed by atoms with Crippen LogP contribution in [-0.2, 0) is 14.3 Å². The molecule has 1 aliphatic heterocycles. The number of nitrogens with one attached hydrogen (secondary N) is 1. The highest BCUT2D eigenvalue weighted by Gasteiger charge is 2.27. The number of ether oxygens (including phenoxy) is 2. The van der Waals surface area contributed by atoms with Crippen LogP contribution in [-0.4, -0.2) is 50.1 Å². The molecule has 1 atom stereocenters. The van der Waals surface area contributed by atoms with Crippen LogP contribution in [0.5, 0.6) is 5.75 Å². The molecule has 1 saturated heterocycles. The molecule has 0 spiro atoms. The number of methoxy groups -OCH3 is 1. The number of rotatable bonds is 6. The monoisotopic (exact) mass is 320 g/mol. The van der Waals surface area contributed by atoms with Crippen molar-refractivity contribution >= 4 is 17.6 Å². The first kappa shape index (κ1) is 17.3. The molecule has 6 nitrogen and oxygen atoms in total. The summed E-state index contributed by atoms with van der Waals surface area (Å²) in [4.78, 5) is 26.1. The van der Waals surface area contributed by atoms with Crippen LogP contribution in [0, 0.1) is 5.92 Å². The van der Waals surface area contributed by atoms with E-state index in [1.54, 1.807) is 26.2 Å². The van der Waals surface area contributed by atoms with Gasteiger partial charge in [0.05, 0.1) is 31.9 Å². The average Bonchev–Trinajstić information content (AvgIpc) is 2.55. The third-order valence-electron chi connectivity index (χ3n) is 3.87. The van der Waals surface area contributed by atoms with Crippen molar-refractivity contribution in [1.29, 1.82) is 0 Å². The predicted octanol–water partition coefficient (Wildman–Crippen LogP) is 1.91. The summed E-state index contributed by atoms with van der Waals surface area (Å²) in [6.45, 7) is 3.84. The van der Waals surface area contributed by atoms with Gasteiger partial charge >= 0.3 is 5.97 Å². The van der Waals surface area contributed by atoms with Crippen molar-refractivity contribution in [2.24, 2.45) is 5.92 Å². The van der Waals surface area contributed by atoms with Gasteiger partial charge in [-0.25, -0.2) is 0 Å². The Morgan fingerprint density at radius 2 is 2.13 bits per heavy atom. The minimum Gasteiger partial charge on any atom is -0.495 e. The number of amides is 1. The van der Waals surface area contributed by atoms with Crippen LogP contribution in [0.1, 0.15) is 19.8 Å². The van der Waals surface area contributed by atoms with Gasteiger partial charge in [0.1, 0.15) is 5.75 Å². The zero-order chi connectivity index (χ0) is 16.7. The van der Waals surface area contributed by atoms with Crippen LogP contribution < -0.4 is 10.1 Å². The highest BCUT2D eigenvalue weighted by atomic mass is 16.5. The van der Waals surface area contributed by atoms with E-state index in [1.165, 1.54) is 0 Å². The molecule has 1 amide bonds. The number of likely N-dealkylation sites (tertiary alicyclic amines) is 1. The Labute approximate surface area is 136 Å². The Bertz CT molecular complexity index is 547. The van der Waals surface area contributed by atoms with E-state index in [0.717, 1.165) is 19.4 Å². The van der Waals surface area contributed by atoms with E-state index in [2.05, 4.69) is 5.32 Å². The number of nitrogens with zero attached hydrogens (tertiary/aromatic N) is 1. The van der Waals surface area contributed by atoms with E-state index in [0.29, 0.717) is 24.6 Å².